The maximum atomic E-state index is 11.4. The van der Waals surface area contributed by atoms with Crippen molar-refractivity contribution in [1.82, 2.24) is 0 Å². The first kappa shape index (κ1) is 16.6. The van der Waals surface area contributed by atoms with Crippen molar-refractivity contribution >= 4 is 48.8 Å². The van der Waals surface area contributed by atoms with Crippen LogP contribution in [0.5, 0.6) is 0 Å². The second-order valence-corrected chi connectivity index (χ2v) is 5.23. The Bertz CT molecular complexity index is 349. The van der Waals surface area contributed by atoms with Crippen molar-refractivity contribution in [3.05, 3.63) is 29.3 Å². The van der Waals surface area contributed by atoms with Crippen LogP contribution in [0.3, 0.4) is 0 Å². The molecule has 2 nitrogen and oxygen atoms in total. The van der Waals surface area contributed by atoms with E-state index in [2.05, 4.69) is 0 Å². The van der Waals surface area contributed by atoms with Gasteiger partial charge in [0, 0.05) is 0 Å². The zero-order chi connectivity index (χ0) is 11.6. The van der Waals surface area contributed by atoms with Gasteiger partial charge in [-0.2, -0.15) is 0 Å². The van der Waals surface area contributed by atoms with Gasteiger partial charge in [-0.25, -0.2) is 4.21 Å². The summed E-state index contributed by atoms with van der Waals surface area (Å²) in [5, 5.41) is 0. The molecule has 0 fully saturated rings. The molecule has 4 heteroatoms. The van der Waals surface area contributed by atoms with Crippen molar-refractivity contribution in [3.63, 3.8) is 0 Å². The Morgan fingerprint density at radius 2 is 1.44 bits per heavy atom. The molecular formula is C12H20CaO2S. The number of hydrogen-bond donors (Lipinski definition) is 1. The Balaban J connectivity index is 0.00000225. The molecule has 0 aliphatic carbocycles. The molecule has 0 saturated heterocycles. The predicted octanol–water partition coefficient (Wildman–Crippen LogP) is 2.60. The van der Waals surface area contributed by atoms with E-state index >= 15 is 0 Å². The van der Waals surface area contributed by atoms with Gasteiger partial charge in [-0.05, 0) is 23.0 Å². The van der Waals surface area contributed by atoms with Gasteiger partial charge in [-0.1, -0.05) is 45.9 Å². The Hall–Kier alpha value is 0.590. The third-order valence-corrected chi connectivity index (χ3v) is 3.32. The van der Waals surface area contributed by atoms with Crippen LogP contribution in [0.15, 0.2) is 23.1 Å². The van der Waals surface area contributed by atoms with Crippen LogP contribution in [0.25, 0.3) is 0 Å². The molecule has 16 heavy (non-hydrogen) atoms. The summed E-state index contributed by atoms with van der Waals surface area (Å²) in [6.45, 7) is 8.15. The Morgan fingerprint density at radius 1 is 1.06 bits per heavy atom. The summed E-state index contributed by atoms with van der Waals surface area (Å²) in [5.74, 6) is 0.546. The van der Waals surface area contributed by atoms with Crippen LogP contribution in [0.2, 0.25) is 0 Å². The van der Waals surface area contributed by atoms with Crippen molar-refractivity contribution in [3.8, 4) is 0 Å². The number of hydrogen-bond acceptors (Lipinski definition) is 1. The van der Waals surface area contributed by atoms with Crippen LogP contribution in [0.4, 0.5) is 0 Å². The standard InChI is InChI=1S/C12H18O2S.Ca.2H/c1-8(2)10-6-5-7-11(9(3)4)12(10)15(13)14;;;/h5-9H,1-4H3,(H,13,14);;;. The van der Waals surface area contributed by atoms with Gasteiger partial charge in [0.15, 0.2) is 11.1 Å². The molecule has 0 amide bonds. The summed E-state index contributed by atoms with van der Waals surface area (Å²) in [7, 11) is 0. The molecule has 1 unspecified atom stereocenters. The van der Waals surface area contributed by atoms with Crippen molar-refractivity contribution in [1.29, 1.82) is 0 Å². The van der Waals surface area contributed by atoms with Gasteiger partial charge in [0.05, 0.1) is 4.90 Å². The second-order valence-electron chi connectivity index (χ2n) is 4.32. The zero-order valence-electron chi connectivity index (χ0n) is 9.65. The second kappa shape index (κ2) is 7.12. The molecule has 0 aliphatic heterocycles. The minimum atomic E-state index is -1.89. The van der Waals surface area contributed by atoms with Crippen molar-refractivity contribution in [2.75, 3.05) is 0 Å². The van der Waals surface area contributed by atoms with E-state index in [0.29, 0.717) is 4.90 Å². The van der Waals surface area contributed by atoms with Gasteiger partial charge in [0.1, 0.15) is 0 Å². The number of rotatable bonds is 3. The summed E-state index contributed by atoms with van der Waals surface area (Å²) < 4.78 is 20.7. The van der Waals surface area contributed by atoms with Crippen LogP contribution in [0.1, 0.15) is 50.7 Å². The molecule has 0 heterocycles. The number of benzene rings is 1. The molecule has 1 atom stereocenters. The Morgan fingerprint density at radius 3 is 1.69 bits per heavy atom. The third-order valence-electron chi connectivity index (χ3n) is 2.49. The van der Waals surface area contributed by atoms with E-state index in [4.69, 9.17) is 0 Å². The summed E-state index contributed by atoms with van der Waals surface area (Å²) in [6, 6.07) is 5.82. The van der Waals surface area contributed by atoms with Crippen LogP contribution >= 0.6 is 0 Å². The molecule has 0 bridgehead atoms. The molecule has 0 aromatic heterocycles. The fourth-order valence-corrected chi connectivity index (χ4v) is 2.70. The van der Waals surface area contributed by atoms with Gasteiger partial charge < -0.3 is 4.55 Å². The molecule has 0 radical (unpaired) electrons. The van der Waals surface area contributed by atoms with Crippen LogP contribution in [0, 0.1) is 0 Å². The zero-order valence-corrected chi connectivity index (χ0v) is 10.5. The Kier molecular flexibility index (Phi) is 7.38. The average Bonchev–Trinajstić information content (AvgIpc) is 2.16. The first-order valence-electron chi connectivity index (χ1n) is 5.18. The van der Waals surface area contributed by atoms with Crippen molar-refractivity contribution in [2.45, 2.75) is 44.4 Å². The topological polar surface area (TPSA) is 37.3 Å². The van der Waals surface area contributed by atoms with Crippen LogP contribution in [-0.2, 0) is 11.1 Å². The fraction of sp³-hybridized carbons (Fsp3) is 0.500. The summed E-state index contributed by atoms with van der Waals surface area (Å²) in [4.78, 5) is 0.600. The van der Waals surface area contributed by atoms with E-state index in [0.717, 1.165) is 11.1 Å². The molecule has 0 aliphatic rings. The van der Waals surface area contributed by atoms with Crippen molar-refractivity contribution in [2.24, 2.45) is 0 Å². The van der Waals surface area contributed by atoms with E-state index in [1.54, 1.807) is 0 Å². The van der Waals surface area contributed by atoms with Crippen LogP contribution in [-0.4, -0.2) is 46.5 Å². The van der Waals surface area contributed by atoms with E-state index < -0.39 is 11.1 Å². The van der Waals surface area contributed by atoms with E-state index in [1.807, 2.05) is 45.9 Å². The van der Waals surface area contributed by atoms with Crippen LogP contribution < -0.4 is 0 Å². The van der Waals surface area contributed by atoms with Crippen molar-refractivity contribution < 1.29 is 8.76 Å². The molecule has 88 valence electrons. The van der Waals surface area contributed by atoms with Gasteiger partial charge in [0.25, 0.3) is 0 Å². The molecule has 1 rings (SSSR count). The average molecular weight is 268 g/mol. The SMILES string of the molecule is CC(C)c1cccc(C(C)C)c1S(=O)O.[CaH2]. The first-order valence-corrected chi connectivity index (χ1v) is 6.29. The first-order chi connectivity index (χ1) is 6.95. The van der Waals surface area contributed by atoms with Gasteiger partial charge >= 0.3 is 37.7 Å². The molecule has 0 spiro atoms. The molecule has 1 N–H and O–H groups in total. The van der Waals surface area contributed by atoms with Gasteiger partial charge in [0.2, 0.25) is 0 Å². The summed E-state index contributed by atoms with van der Waals surface area (Å²) in [5.41, 5.74) is 1.95. The fourth-order valence-electron chi connectivity index (χ4n) is 1.68. The predicted molar refractivity (Wildman–Crippen MR) is 72.2 cm³/mol. The summed E-state index contributed by atoms with van der Waals surface area (Å²) >= 11 is -1.89. The molecule has 1 aromatic carbocycles. The third kappa shape index (κ3) is 3.81. The molecule has 0 saturated carbocycles. The van der Waals surface area contributed by atoms with E-state index in [-0.39, 0.29) is 49.6 Å². The monoisotopic (exact) mass is 268 g/mol. The summed E-state index contributed by atoms with van der Waals surface area (Å²) in [6.07, 6.45) is 0. The van der Waals surface area contributed by atoms with E-state index in [1.165, 1.54) is 0 Å². The van der Waals surface area contributed by atoms with E-state index in [9.17, 15) is 8.76 Å². The van der Waals surface area contributed by atoms with Gasteiger partial charge in [-0.3, -0.25) is 0 Å². The Labute approximate surface area is 130 Å². The minimum absolute atomic E-state index is 0. The quantitative estimate of drug-likeness (QED) is 0.676. The molecule has 1 aromatic rings. The molecular weight excluding hydrogens is 248 g/mol. The maximum absolute atomic E-state index is 11.4. The van der Waals surface area contributed by atoms with Gasteiger partial charge in [-0.15, -0.1) is 0 Å². The normalized spacial score (nSPS) is 12.7.